The van der Waals surface area contributed by atoms with Gasteiger partial charge in [0.2, 0.25) is 0 Å². The van der Waals surface area contributed by atoms with Crippen LogP contribution in [0.3, 0.4) is 0 Å². The van der Waals surface area contributed by atoms with E-state index in [2.05, 4.69) is 0 Å². The van der Waals surface area contributed by atoms with Crippen LogP contribution in [0.1, 0.15) is 11.1 Å². The van der Waals surface area contributed by atoms with E-state index < -0.39 is 17.9 Å². The molecule has 29 heavy (non-hydrogen) atoms. The molecule has 1 aliphatic heterocycles. The Morgan fingerprint density at radius 3 is 2.55 bits per heavy atom. The van der Waals surface area contributed by atoms with Crippen LogP contribution in [-0.4, -0.2) is 49.6 Å². The second kappa shape index (κ2) is 8.54. The molecule has 0 bridgehead atoms. The molecule has 1 heterocycles. The van der Waals surface area contributed by atoms with E-state index in [1.54, 1.807) is 30.3 Å². The number of rotatable bonds is 6. The molecule has 1 atom stereocenters. The van der Waals surface area contributed by atoms with Gasteiger partial charge in [0.1, 0.15) is 16.1 Å². The number of hydrogen-bond acceptors (Lipinski definition) is 7. The van der Waals surface area contributed by atoms with E-state index in [0.717, 1.165) is 16.7 Å². The number of carboxylic acid groups (broad SMARTS) is 1. The van der Waals surface area contributed by atoms with Gasteiger partial charge in [-0.2, -0.15) is 0 Å². The first-order valence-electron chi connectivity index (χ1n) is 8.45. The molecule has 150 valence electrons. The average molecular weight is 431 g/mol. The molecule has 1 aliphatic rings. The van der Waals surface area contributed by atoms with Crippen molar-refractivity contribution in [3.8, 4) is 17.2 Å². The number of aliphatic carboxylic acids is 1. The molecule has 0 radical (unpaired) electrons. The number of thiocarbonyl (C=S) groups is 1. The first-order chi connectivity index (χ1) is 13.8. The number of aromatic hydroxyl groups is 2. The number of phenols is 2. The number of ether oxygens (including phenoxy) is 1. The number of benzene rings is 2. The predicted molar refractivity (Wildman–Crippen MR) is 113 cm³/mol. The molecule has 1 fully saturated rings. The second-order valence-corrected chi connectivity index (χ2v) is 7.88. The van der Waals surface area contributed by atoms with E-state index in [4.69, 9.17) is 17.0 Å². The summed E-state index contributed by atoms with van der Waals surface area (Å²) in [5.74, 6) is -1.39. The van der Waals surface area contributed by atoms with Crippen LogP contribution in [0, 0.1) is 0 Å². The first-order valence-corrected chi connectivity index (χ1v) is 9.67. The molecule has 2 aromatic rings. The minimum Gasteiger partial charge on any atom is -0.508 e. The van der Waals surface area contributed by atoms with E-state index in [9.17, 15) is 24.9 Å². The molecular formula is C20H17NO6S2. The van der Waals surface area contributed by atoms with Gasteiger partial charge in [0.15, 0.2) is 11.5 Å². The summed E-state index contributed by atoms with van der Waals surface area (Å²) in [6.07, 6.45) is 1.61. The number of carboxylic acids is 1. The highest BCUT2D eigenvalue weighted by atomic mass is 32.2. The maximum Gasteiger partial charge on any atom is 0.327 e. The predicted octanol–water partition coefficient (Wildman–Crippen LogP) is 3.00. The Balaban J connectivity index is 1.87. The maximum atomic E-state index is 12.9. The number of amides is 1. The molecule has 7 nitrogen and oxygen atoms in total. The maximum absolute atomic E-state index is 12.9. The minimum atomic E-state index is -1.18. The van der Waals surface area contributed by atoms with Crippen LogP contribution in [-0.2, 0) is 16.0 Å². The Kier molecular flexibility index (Phi) is 6.09. The summed E-state index contributed by atoms with van der Waals surface area (Å²) in [6.45, 7) is 0. The van der Waals surface area contributed by atoms with Crippen molar-refractivity contribution in [3.05, 3.63) is 58.5 Å². The largest absolute Gasteiger partial charge is 0.508 e. The van der Waals surface area contributed by atoms with Crippen LogP contribution in [0.25, 0.3) is 6.08 Å². The van der Waals surface area contributed by atoms with Crippen LogP contribution in [0.15, 0.2) is 47.4 Å². The molecule has 3 rings (SSSR count). The Bertz CT molecular complexity index is 1000. The van der Waals surface area contributed by atoms with Crippen molar-refractivity contribution >= 4 is 46.3 Å². The average Bonchev–Trinajstić information content (AvgIpc) is 2.96. The van der Waals surface area contributed by atoms with Gasteiger partial charge in [-0.05, 0) is 41.5 Å². The van der Waals surface area contributed by atoms with Crippen LogP contribution in [0.5, 0.6) is 17.2 Å². The van der Waals surface area contributed by atoms with E-state index in [-0.39, 0.29) is 32.9 Å². The first kappa shape index (κ1) is 20.7. The SMILES string of the molecule is COc1cc(/C=C2\SC(=S)N(C(Cc3ccc(O)cc3)C(=O)O)C2=O)ccc1O. The number of nitrogens with zero attached hydrogens (tertiary/aromatic N) is 1. The van der Waals surface area contributed by atoms with Crippen LogP contribution >= 0.6 is 24.0 Å². The van der Waals surface area contributed by atoms with Crippen molar-refractivity contribution in [2.75, 3.05) is 7.11 Å². The lowest BCUT2D eigenvalue weighted by molar-refractivity contribution is -0.145. The van der Waals surface area contributed by atoms with Crippen molar-refractivity contribution in [2.24, 2.45) is 0 Å². The summed E-state index contributed by atoms with van der Waals surface area (Å²) in [5, 5.41) is 28.8. The van der Waals surface area contributed by atoms with E-state index >= 15 is 0 Å². The molecule has 0 aliphatic carbocycles. The van der Waals surface area contributed by atoms with Crippen molar-refractivity contribution in [2.45, 2.75) is 12.5 Å². The smallest absolute Gasteiger partial charge is 0.327 e. The number of phenolic OH excluding ortho intramolecular Hbond substituents is 2. The Hall–Kier alpha value is -3.04. The van der Waals surface area contributed by atoms with E-state index in [1.807, 2.05) is 0 Å². The van der Waals surface area contributed by atoms with Crippen LogP contribution < -0.4 is 4.74 Å². The van der Waals surface area contributed by atoms with Crippen molar-refractivity contribution < 1.29 is 29.6 Å². The van der Waals surface area contributed by atoms with Gasteiger partial charge in [-0.1, -0.05) is 42.2 Å². The zero-order valence-corrected chi connectivity index (χ0v) is 16.9. The lowest BCUT2D eigenvalue weighted by Gasteiger charge is -2.23. The summed E-state index contributed by atoms with van der Waals surface area (Å²) in [7, 11) is 1.42. The van der Waals surface area contributed by atoms with Gasteiger partial charge in [0.05, 0.1) is 12.0 Å². The third kappa shape index (κ3) is 4.52. The van der Waals surface area contributed by atoms with Crippen molar-refractivity contribution in [1.82, 2.24) is 4.90 Å². The highest BCUT2D eigenvalue weighted by Gasteiger charge is 2.40. The number of methoxy groups -OCH3 is 1. The summed E-state index contributed by atoms with van der Waals surface area (Å²) in [6, 6.07) is 9.54. The molecule has 1 saturated heterocycles. The molecule has 0 spiro atoms. The van der Waals surface area contributed by atoms with Crippen LogP contribution in [0.2, 0.25) is 0 Å². The molecule has 3 N–H and O–H groups in total. The summed E-state index contributed by atoms with van der Waals surface area (Å²) >= 11 is 6.29. The molecule has 1 amide bonds. The topological polar surface area (TPSA) is 107 Å². The Labute approximate surface area is 176 Å². The number of carbonyl (C=O) groups is 2. The summed E-state index contributed by atoms with van der Waals surface area (Å²) in [5.41, 5.74) is 1.25. The zero-order chi connectivity index (χ0) is 21.1. The Morgan fingerprint density at radius 1 is 1.24 bits per heavy atom. The van der Waals surface area contributed by atoms with Gasteiger partial charge < -0.3 is 20.1 Å². The van der Waals surface area contributed by atoms with E-state index in [1.165, 1.54) is 25.3 Å². The molecule has 9 heteroatoms. The molecule has 1 unspecified atom stereocenters. The number of thioether (sulfide) groups is 1. The molecular weight excluding hydrogens is 414 g/mol. The fourth-order valence-corrected chi connectivity index (χ4v) is 4.18. The van der Waals surface area contributed by atoms with Gasteiger partial charge in [0.25, 0.3) is 5.91 Å². The fourth-order valence-electron chi connectivity index (χ4n) is 2.83. The van der Waals surface area contributed by atoms with Crippen LogP contribution in [0.4, 0.5) is 0 Å². The second-order valence-electron chi connectivity index (χ2n) is 6.21. The molecule has 2 aromatic carbocycles. The number of carbonyl (C=O) groups excluding carboxylic acids is 1. The molecule has 0 saturated carbocycles. The number of hydrogen-bond donors (Lipinski definition) is 3. The minimum absolute atomic E-state index is 0.0305. The van der Waals surface area contributed by atoms with Gasteiger partial charge >= 0.3 is 5.97 Å². The fraction of sp³-hybridized carbons (Fsp3) is 0.150. The highest BCUT2D eigenvalue weighted by Crippen LogP contribution is 2.36. The summed E-state index contributed by atoms with van der Waals surface area (Å²) in [4.78, 5) is 26.1. The standard InChI is InChI=1S/C20H17NO6S2/c1-27-16-9-12(4-7-15(16)23)10-17-18(24)21(20(28)29-17)14(19(25)26)8-11-2-5-13(22)6-3-11/h2-7,9-10,14,22-23H,8H2,1H3,(H,25,26)/b17-10-. The summed E-state index contributed by atoms with van der Waals surface area (Å²) < 4.78 is 5.21. The lowest BCUT2D eigenvalue weighted by atomic mass is 10.0. The third-order valence-electron chi connectivity index (χ3n) is 4.29. The lowest BCUT2D eigenvalue weighted by Crippen LogP contribution is -2.45. The zero-order valence-electron chi connectivity index (χ0n) is 15.2. The highest BCUT2D eigenvalue weighted by molar-refractivity contribution is 8.26. The van der Waals surface area contributed by atoms with Gasteiger partial charge in [0, 0.05) is 6.42 Å². The van der Waals surface area contributed by atoms with Crippen molar-refractivity contribution in [3.63, 3.8) is 0 Å². The monoisotopic (exact) mass is 431 g/mol. The Morgan fingerprint density at radius 2 is 1.93 bits per heavy atom. The quantitative estimate of drug-likeness (QED) is 0.473. The van der Waals surface area contributed by atoms with Crippen molar-refractivity contribution in [1.29, 1.82) is 0 Å². The normalized spacial score (nSPS) is 16.3. The van der Waals surface area contributed by atoms with Gasteiger partial charge in [-0.15, -0.1) is 0 Å². The third-order valence-corrected chi connectivity index (χ3v) is 5.62. The molecule has 0 aromatic heterocycles. The van der Waals surface area contributed by atoms with E-state index in [0.29, 0.717) is 11.1 Å². The van der Waals surface area contributed by atoms with Gasteiger partial charge in [-0.25, -0.2) is 4.79 Å². The van der Waals surface area contributed by atoms with Gasteiger partial charge in [-0.3, -0.25) is 9.69 Å².